The van der Waals surface area contributed by atoms with Crippen LogP contribution >= 0.6 is 11.3 Å². The zero-order valence-corrected chi connectivity index (χ0v) is 20.7. The summed E-state index contributed by atoms with van der Waals surface area (Å²) < 4.78 is 50.2. The van der Waals surface area contributed by atoms with E-state index < -0.39 is 11.9 Å². The molecule has 1 amide bonds. The number of hydrogen-bond donors (Lipinski definition) is 1. The van der Waals surface area contributed by atoms with Gasteiger partial charge in [-0.2, -0.15) is 13.2 Å². The van der Waals surface area contributed by atoms with E-state index in [4.69, 9.17) is 9.47 Å². The van der Waals surface area contributed by atoms with Crippen LogP contribution in [-0.2, 0) is 20.4 Å². The largest absolute Gasteiger partial charge is 0.434 e. The van der Waals surface area contributed by atoms with Crippen LogP contribution in [0.4, 0.5) is 18.3 Å². The fourth-order valence-corrected chi connectivity index (χ4v) is 8.43. The van der Waals surface area contributed by atoms with Crippen molar-refractivity contribution >= 4 is 22.4 Å². The first-order valence-corrected chi connectivity index (χ1v) is 13.6. The van der Waals surface area contributed by atoms with Crippen molar-refractivity contribution < 1.29 is 27.4 Å². The van der Waals surface area contributed by atoms with Crippen molar-refractivity contribution in [2.45, 2.75) is 81.4 Å². The quantitative estimate of drug-likeness (QED) is 0.651. The molecular weight excluding hydrogens is 481 g/mol. The number of methoxy groups -OCH3 is 1. The van der Waals surface area contributed by atoms with Gasteiger partial charge in [-0.1, -0.05) is 6.42 Å². The van der Waals surface area contributed by atoms with Crippen molar-refractivity contribution in [1.29, 1.82) is 0 Å². The lowest BCUT2D eigenvalue weighted by molar-refractivity contribution is -0.144. The van der Waals surface area contributed by atoms with E-state index >= 15 is 0 Å². The highest BCUT2D eigenvalue weighted by Gasteiger charge is 2.59. The maximum Gasteiger partial charge on any atom is 0.434 e. The molecule has 6 rings (SSSR count). The number of ether oxygens (including phenoxy) is 2. The van der Waals surface area contributed by atoms with Crippen LogP contribution in [0.15, 0.2) is 5.38 Å². The first kappa shape index (κ1) is 23.9. The molecule has 0 radical (unpaired) electrons. The smallest absolute Gasteiger partial charge is 0.379 e. The number of halogens is 3. The van der Waals surface area contributed by atoms with E-state index in [1.165, 1.54) is 0 Å². The number of nitrogens with one attached hydrogen (secondary N) is 1. The van der Waals surface area contributed by atoms with E-state index in [1.807, 2.05) is 4.90 Å². The molecule has 2 aliphatic carbocycles. The number of carbonyl (C=O) groups is 1. The second-order valence-electron chi connectivity index (χ2n) is 11.0. The summed E-state index contributed by atoms with van der Waals surface area (Å²) in [4.78, 5) is 21.9. The Morgan fingerprint density at radius 1 is 1.29 bits per heavy atom. The predicted molar refractivity (Wildman–Crippen MR) is 124 cm³/mol. The normalized spacial score (nSPS) is 39.0. The van der Waals surface area contributed by atoms with Crippen molar-refractivity contribution in [1.82, 2.24) is 15.2 Å². The van der Waals surface area contributed by atoms with Gasteiger partial charge in [0.05, 0.1) is 30.2 Å². The van der Waals surface area contributed by atoms with Crippen LogP contribution in [0, 0.1) is 11.3 Å². The molecule has 0 unspecified atom stereocenters. The van der Waals surface area contributed by atoms with Gasteiger partial charge in [0.1, 0.15) is 0 Å². The number of carbonyl (C=O) groups excluding carboxylic acids is 1. The van der Waals surface area contributed by atoms with Gasteiger partial charge >= 0.3 is 6.18 Å². The fraction of sp³-hybridized carbons (Fsp3) is 0.833. The van der Waals surface area contributed by atoms with E-state index in [2.05, 4.69) is 15.2 Å². The van der Waals surface area contributed by atoms with Crippen LogP contribution in [0.1, 0.15) is 50.6 Å². The maximum absolute atomic E-state index is 14.1. The van der Waals surface area contributed by atoms with Crippen LogP contribution in [0.2, 0.25) is 0 Å². The van der Waals surface area contributed by atoms with Crippen LogP contribution in [0.3, 0.4) is 0 Å². The molecule has 1 N–H and O–H groups in total. The third-order valence-electron chi connectivity index (χ3n) is 9.15. The average Bonchev–Trinajstić information content (AvgIpc) is 3.63. The minimum Gasteiger partial charge on any atom is -0.379 e. The summed E-state index contributed by atoms with van der Waals surface area (Å²) in [5, 5.41) is 5.32. The Morgan fingerprint density at radius 2 is 2.14 bits per heavy atom. The number of amides is 1. The van der Waals surface area contributed by atoms with Gasteiger partial charge in [0, 0.05) is 44.3 Å². The Hall–Kier alpha value is -1.43. The first-order valence-electron chi connectivity index (χ1n) is 12.8. The summed E-state index contributed by atoms with van der Waals surface area (Å²) in [7, 11) is 1.73. The van der Waals surface area contributed by atoms with E-state index in [-0.39, 0.29) is 35.6 Å². The molecule has 4 heterocycles. The zero-order valence-electron chi connectivity index (χ0n) is 19.9. The Labute approximate surface area is 207 Å². The second-order valence-corrected chi connectivity index (χ2v) is 11.8. The van der Waals surface area contributed by atoms with Gasteiger partial charge in [-0.15, -0.1) is 11.3 Å². The minimum atomic E-state index is -4.42. The van der Waals surface area contributed by atoms with Gasteiger partial charge in [-0.05, 0) is 44.4 Å². The monoisotopic (exact) mass is 514 g/mol. The number of hydrogen-bond acceptors (Lipinski definition) is 7. The highest BCUT2D eigenvalue weighted by Crippen LogP contribution is 2.56. The molecule has 1 aromatic heterocycles. The molecule has 2 bridgehead atoms. The van der Waals surface area contributed by atoms with Crippen LogP contribution in [-0.4, -0.2) is 79.5 Å². The minimum absolute atomic E-state index is 0.0415. The fourth-order valence-electron chi connectivity index (χ4n) is 7.52. The Morgan fingerprint density at radius 3 is 2.86 bits per heavy atom. The second kappa shape index (κ2) is 8.85. The summed E-state index contributed by atoms with van der Waals surface area (Å²) in [5.41, 5.74) is -1.13. The Bertz CT molecular complexity index is 961. The first-order chi connectivity index (χ1) is 16.8. The topological polar surface area (TPSA) is 66.9 Å². The number of nitrogens with zero attached hydrogens (tertiary/aromatic N) is 3. The standard InChI is InChI=1S/C24H33F3N4O3S/c1-33-19-12-34-6-4-18(19)28-15-7-14-3-2-5-23(14,9-15)21(32)30-10-17-8-16(30)11-31(17)22-29-20(13-35-22)24(25,26)27/h13-19,28H,2-12H2,1H3/t14-,15-,16+,17-,18+,19-,23-/m1/s1. The number of piperazine rings is 1. The predicted octanol–water partition coefficient (Wildman–Crippen LogP) is 3.29. The van der Waals surface area contributed by atoms with Crippen molar-refractivity contribution in [3.63, 3.8) is 0 Å². The van der Waals surface area contributed by atoms with Crippen molar-refractivity contribution in [2.75, 3.05) is 38.3 Å². The molecular formula is C24H33F3N4O3S. The van der Waals surface area contributed by atoms with Gasteiger partial charge in [-0.25, -0.2) is 4.98 Å². The average molecular weight is 515 g/mol. The summed E-state index contributed by atoms with van der Waals surface area (Å²) >= 11 is 1.05. The van der Waals surface area contributed by atoms with E-state index in [0.717, 1.165) is 68.3 Å². The molecule has 11 heteroatoms. The van der Waals surface area contributed by atoms with Gasteiger partial charge < -0.3 is 24.6 Å². The Kier molecular flexibility index (Phi) is 6.05. The van der Waals surface area contributed by atoms with E-state index in [9.17, 15) is 18.0 Å². The maximum atomic E-state index is 14.1. The summed E-state index contributed by atoms with van der Waals surface area (Å²) in [6.07, 6.45) is 2.36. The third-order valence-corrected chi connectivity index (χ3v) is 10.0. The Balaban J connectivity index is 1.12. The molecule has 0 spiro atoms. The van der Waals surface area contributed by atoms with E-state index in [0.29, 0.717) is 36.8 Å². The van der Waals surface area contributed by atoms with Crippen molar-refractivity contribution in [3.8, 4) is 0 Å². The van der Waals surface area contributed by atoms with Crippen LogP contribution in [0.5, 0.6) is 0 Å². The summed E-state index contributed by atoms with van der Waals surface area (Å²) in [5.74, 6) is 0.679. The van der Waals surface area contributed by atoms with E-state index in [1.54, 1.807) is 7.11 Å². The molecule has 3 aliphatic heterocycles. The molecule has 194 valence electrons. The lowest BCUT2D eigenvalue weighted by Crippen LogP contribution is -2.54. The number of thiazole rings is 1. The highest BCUT2D eigenvalue weighted by atomic mass is 32.1. The molecule has 0 aromatic carbocycles. The molecule has 1 aromatic rings. The van der Waals surface area contributed by atoms with Crippen LogP contribution < -0.4 is 10.2 Å². The number of alkyl halides is 3. The third kappa shape index (κ3) is 4.06. The number of likely N-dealkylation sites (tertiary alicyclic amines) is 1. The molecule has 35 heavy (non-hydrogen) atoms. The molecule has 5 fully saturated rings. The summed E-state index contributed by atoms with van der Waals surface area (Å²) in [6, 6.07) is 0.660. The molecule has 5 aliphatic rings. The number of anilines is 1. The molecule has 2 saturated carbocycles. The molecule has 7 nitrogen and oxygen atoms in total. The van der Waals surface area contributed by atoms with Crippen molar-refractivity contribution in [2.24, 2.45) is 11.3 Å². The lowest BCUT2D eigenvalue weighted by atomic mass is 9.78. The summed E-state index contributed by atoms with van der Waals surface area (Å²) in [6.45, 7) is 2.49. The highest BCUT2D eigenvalue weighted by molar-refractivity contribution is 7.13. The zero-order chi connectivity index (χ0) is 24.4. The van der Waals surface area contributed by atoms with Gasteiger partial charge in [-0.3, -0.25) is 4.79 Å². The lowest BCUT2D eigenvalue weighted by Gasteiger charge is -2.40. The SMILES string of the molecule is CO[C@@H]1COCC[C@@H]1N[C@@H]1C[C@H]2CCC[C@@]2(C(=O)N2C[C@H]3C[C@H]2CN3c2nc(C(F)(F)F)cs2)C1. The van der Waals surface area contributed by atoms with Crippen molar-refractivity contribution in [3.05, 3.63) is 11.1 Å². The van der Waals surface area contributed by atoms with Gasteiger partial charge in [0.15, 0.2) is 10.8 Å². The van der Waals surface area contributed by atoms with Crippen LogP contribution in [0.25, 0.3) is 0 Å². The molecule has 3 saturated heterocycles. The number of rotatable bonds is 5. The number of fused-ring (bicyclic) bond motifs is 3. The van der Waals surface area contributed by atoms with Gasteiger partial charge in [0.25, 0.3) is 0 Å². The molecule has 7 atom stereocenters. The number of aromatic nitrogens is 1. The van der Waals surface area contributed by atoms with Gasteiger partial charge in [0.2, 0.25) is 5.91 Å².